The van der Waals surface area contributed by atoms with Crippen molar-refractivity contribution in [2.45, 2.75) is 52.4 Å². The molecule has 94 valence electrons. The number of hydrogen-bond donors (Lipinski definition) is 0. The summed E-state index contributed by atoms with van der Waals surface area (Å²) in [5.41, 5.74) is 0. The van der Waals surface area contributed by atoms with Crippen molar-refractivity contribution in [1.82, 2.24) is 0 Å². The summed E-state index contributed by atoms with van der Waals surface area (Å²) in [6.07, 6.45) is 7.59. The minimum absolute atomic E-state index is 0.134. The quantitative estimate of drug-likeness (QED) is 0.532. The third kappa shape index (κ3) is 2.98. The summed E-state index contributed by atoms with van der Waals surface area (Å²) in [6.45, 7) is 7.36. The van der Waals surface area contributed by atoms with Crippen molar-refractivity contribution in [3.63, 3.8) is 0 Å². The van der Waals surface area contributed by atoms with E-state index in [4.69, 9.17) is 0 Å². The highest BCUT2D eigenvalue weighted by Crippen LogP contribution is 2.37. The Balaban J connectivity index is 1.81. The zero-order valence-corrected chi connectivity index (χ0v) is 11.0. The van der Waals surface area contributed by atoms with E-state index in [1.54, 1.807) is 0 Å². The molecule has 1 saturated heterocycles. The molecule has 0 aromatic rings. The van der Waals surface area contributed by atoms with Gasteiger partial charge in [-0.2, -0.15) is 0 Å². The summed E-state index contributed by atoms with van der Waals surface area (Å²) < 4.78 is 0.134. The van der Waals surface area contributed by atoms with Crippen LogP contribution < -0.4 is 0 Å². The second-order valence-electron chi connectivity index (χ2n) is 6.43. The molecule has 2 aliphatic rings. The van der Waals surface area contributed by atoms with Crippen molar-refractivity contribution in [2.75, 3.05) is 19.6 Å². The van der Waals surface area contributed by atoms with Gasteiger partial charge in [0.15, 0.2) is 0 Å². The number of hydroxylamine groups is 3. The first-order valence-corrected chi connectivity index (χ1v) is 7.16. The Kier molecular flexibility index (Phi) is 3.91. The van der Waals surface area contributed by atoms with Gasteiger partial charge < -0.3 is 9.85 Å². The molecule has 1 saturated carbocycles. The van der Waals surface area contributed by atoms with Crippen LogP contribution in [0, 0.1) is 23.0 Å². The van der Waals surface area contributed by atoms with Crippen molar-refractivity contribution < 1.29 is 4.65 Å². The van der Waals surface area contributed by atoms with E-state index >= 15 is 0 Å². The number of hydrogen-bond acceptors (Lipinski definition) is 1. The maximum atomic E-state index is 12.5. The van der Waals surface area contributed by atoms with Crippen molar-refractivity contribution in [3.05, 3.63) is 5.21 Å². The molecule has 0 aromatic carbocycles. The Morgan fingerprint density at radius 3 is 2.38 bits per heavy atom. The summed E-state index contributed by atoms with van der Waals surface area (Å²) in [5, 5.41) is 12.5. The molecule has 2 nitrogen and oxygen atoms in total. The molecule has 1 aliphatic heterocycles. The smallest absolute Gasteiger partial charge is 0.0812 e. The van der Waals surface area contributed by atoms with Crippen LogP contribution in [0.2, 0.25) is 0 Å². The standard InChI is InChI=1S/C14H27NO/c1-12(2)14-7-6-13(10-14)11-15(16)8-4-3-5-9-15/h12-14H,3-11H2,1-2H3. The van der Waals surface area contributed by atoms with Gasteiger partial charge in [-0.3, -0.25) is 0 Å². The second kappa shape index (κ2) is 5.05. The lowest BCUT2D eigenvalue weighted by Crippen LogP contribution is -2.48. The fourth-order valence-electron chi connectivity index (χ4n) is 3.63. The van der Waals surface area contributed by atoms with Crippen molar-refractivity contribution in [1.29, 1.82) is 0 Å². The van der Waals surface area contributed by atoms with Gasteiger partial charge in [-0.1, -0.05) is 13.8 Å². The minimum atomic E-state index is 0.134. The molecule has 16 heavy (non-hydrogen) atoms. The van der Waals surface area contributed by atoms with Crippen LogP contribution in [0.3, 0.4) is 0 Å². The van der Waals surface area contributed by atoms with Crippen molar-refractivity contribution in [2.24, 2.45) is 17.8 Å². The number of rotatable bonds is 3. The van der Waals surface area contributed by atoms with Gasteiger partial charge in [-0.15, -0.1) is 0 Å². The second-order valence-corrected chi connectivity index (χ2v) is 6.43. The highest BCUT2D eigenvalue weighted by molar-refractivity contribution is 4.78. The molecular weight excluding hydrogens is 198 g/mol. The number of likely N-dealkylation sites (tertiary alicyclic amines) is 1. The van der Waals surface area contributed by atoms with E-state index in [0.717, 1.165) is 50.2 Å². The molecule has 2 atom stereocenters. The van der Waals surface area contributed by atoms with Gasteiger partial charge >= 0.3 is 0 Å². The fourth-order valence-corrected chi connectivity index (χ4v) is 3.63. The third-order valence-electron chi connectivity index (χ3n) is 4.75. The molecule has 0 bridgehead atoms. The van der Waals surface area contributed by atoms with Gasteiger partial charge in [-0.05, 0) is 50.4 Å². The van der Waals surface area contributed by atoms with Crippen LogP contribution in [-0.4, -0.2) is 24.3 Å². The highest BCUT2D eigenvalue weighted by Gasteiger charge is 2.32. The van der Waals surface area contributed by atoms with Crippen LogP contribution in [0.25, 0.3) is 0 Å². The molecule has 0 N–H and O–H groups in total. The van der Waals surface area contributed by atoms with E-state index in [0.29, 0.717) is 0 Å². The Morgan fingerprint density at radius 2 is 1.81 bits per heavy atom. The van der Waals surface area contributed by atoms with E-state index in [1.165, 1.54) is 25.7 Å². The van der Waals surface area contributed by atoms with Gasteiger partial charge in [0, 0.05) is 5.92 Å². The van der Waals surface area contributed by atoms with Crippen LogP contribution >= 0.6 is 0 Å². The molecule has 0 radical (unpaired) electrons. The first kappa shape index (κ1) is 12.4. The minimum Gasteiger partial charge on any atom is -0.633 e. The zero-order chi connectivity index (χ0) is 11.6. The van der Waals surface area contributed by atoms with Gasteiger partial charge in [0.1, 0.15) is 0 Å². The summed E-state index contributed by atoms with van der Waals surface area (Å²) in [5.74, 6) is 2.43. The van der Waals surface area contributed by atoms with Crippen molar-refractivity contribution >= 4 is 0 Å². The van der Waals surface area contributed by atoms with Crippen LogP contribution in [0.15, 0.2) is 0 Å². The lowest BCUT2D eigenvalue weighted by Gasteiger charge is -2.47. The van der Waals surface area contributed by atoms with E-state index in [2.05, 4.69) is 13.8 Å². The summed E-state index contributed by atoms with van der Waals surface area (Å²) in [7, 11) is 0. The van der Waals surface area contributed by atoms with Crippen LogP contribution in [0.5, 0.6) is 0 Å². The van der Waals surface area contributed by atoms with Crippen LogP contribution in [0.4, 0.5) is 0 Å². The molecule has 0 spiro atoms. The third-order valence-corrected chi connectivity index (χ3v) is 4.75. The molecular formula is C14H27NO. The maximum Gasteiger partial charge on any atom is 0.0812 e. The fraction of sp³-hybridized carbons (Fsp3) is 1.00. The predicted molar refractivity (Wildman–Crippen MR) is 67.7 cm³/mol. The van der Waals surface area contributed by atoms with Crippen LogP contribution in [-0.2, 0) is 0 Å². The highest BCUT2D eigenvalue weighted by atomic mass is 16.5. The lowest BCUT2D eigenvalue weighted by molar-refractivity contribution is -0.888. The summed E-state index contributed by atoms with van der Waals surface area (Å²) >= 11 is 0. The van der Waals surface area contributed by atoms with E-state index in [1.807, 2.05) is 0 Å². The molecule has 0 amide bonds. The molecule has 2 unspecified atom stereocenters. The normalized spacial score (nSPS) is 34.5. The SMILES string of the molecule is CC(C)C1CCC(C[N+]2([O-])CCCCC2)C1. The average molecular weight is 225 g/mol. The number of quaternary nitrogens is 1. The zero-order valence-electron chi connectivity index (χ0n) is 11.0. The Morgan fingerprint density at radius 1 is 1.12 bits per heavy atom. The van der Waals surface area contributed by atoms with Crippen LogP contribution in [0.1, 0.15) is 52.4 Å². The molecule has 0 aromatic heterocycles. The first-order chi connectivity index (χ1) is 7.59. The monoisotopic (exact) mass is 225 g/mol. The topological polar surface area (TPSA) is 23.1 Å². The number of nitrogens with zero attached hydrogens (tertiary/aromatic N) is 1. The van der Waals surface area contributed by atoms with Gasteiger partial charge in [-0.25, -0.2) is 0 Å². The lowest BCUT2D eigenvalue weighted by atomic mass is 9.93. The van der Waals surface area contributed by atoms with Crippen molar-refractivity contribution in [3.8, 4) is 0 Å². The average Bonchev–Trinajstić information content (AvgIpc) is 2.66. The number of piperidine rings is 1. The Hall–Kier alpha value is -0.0800. The maximum absolute atomic E-state index is 12.5. The first-order valence-electron chi connectivity index (χ1n) is 7.16. The Labute approximate surface area is 100 Å². The van der Waals surface area contributed by atoms with Gasteiger partial charge in [0.2, 0.25) is 0 Å². The summed E-state index contributed by atoms with van der Waals surface area (Å²) in [4.78, 5) is 0. The summed E-state index contributed by atoms with van der Waals surface area (Å²) in [6, 6.07) is 0. The van der Waals surface area contributed by atoms with E-state index < -0.39 is 0 Å². The Bertz CT molecular complexity index is 221. The van der Waals surface area contributed by atoms with E-state index in [-0.39, 0.29) is 4.65 Å². The van der Waals surface area contributed by atoms with Gasteiger partial charge in [0.25, 0.3) is 0 Å². The molecule has 2 rings (SSSR count). The van der Waals surface area contributed by atoms with Gasteiger partial charge in [0.05, 0.1) is 19.6 Å². The molecule has 1 heterocycles. The molecule has 1 aliphatic carbocycles. The van der Waals surface area contributed by atoms with E-state index in [9.17, 15) is 5.21 Å². The molecule has 2 fully saturated rings. The molecule has 2 heteroatoms. The largest absolute Gasteiger partial charge is 0.633 e. The predicted octanol–water partition coefficient (Wildman–Crippen LogP) is 3.56.